The molecule has 4 atom stereocenters. The first-order valence-corrected chi connectivity index (χ1v) is 18.1. The number of carboxylic acid groups (broad SMARTS) is 1. The Hall–Kier alpha value is -4.57. The lowest BCUT2D eigenvalue weighted by atomic mass is 9.68. The predicted octanol–water partition coefficient (Wildman–Crippen LogP) is 7.90. The van der Waals surface area contributed by atoms with E-state index in [0.717, 1.165) is 23.1 Å². The summed E-state index contributed by atoms with van der Waals surface area (Å²) in [5.74, 6) is -0.547. The van der Waals surface area contributed by atoms with Gasteiger partial charge < -0.3 is 34.1 Å². The average Bonchev–Trinajstić information content (AvgIpc) is 3.11. The molecule has 2 N–H and O–H groups in total. The number of alkyl carbamates (subject to hydrolysis) is 1. The summed E-state index contributed by atoms with van der Waals surface area (Å²) in [4.78, 5) is 39.5. The summed E-state index contributed by atoms with van der Waals surface area (Å²) in [5, 5.41) is 13.9. The minimum Gasteiger partial charge on any atom is -0.493 e. The smallest absolute Gasteiger partial charge is 0.407 e. The Balaban J connectivity index is 2.00. The first kappa shape index (κ1) is 41.8. The lowest BCUT2D eigenvalue weighted by molar-refractivity contribution is -0.162. The lowest BCUT2D eigenvalue weighted by Crippen LogP contribution is -2.51. The Bertz CT molecular complexity index is 1530. The van der Waals surface area contributed by atoms with Gasteiger partial charge in [-0.2, -0.15) is 0 Å². The Kier molecular flexibility index (Phi) is 17.0. The van der Waals surface area contributed by atoms with Gasteiger partial charge in [0, 0.05) is 33.5 Å². The van der Waals surface area contributed by atoms with Gasteiger partial charge >= 0.3 is 18.0 Å². The number of carbonyl (C=O) groups excluding carboxylic acids is 2. The summed E-state index contributed by atoms with van der Waals surface area (Å²) < 4.78 is 28.4. The molecule has 0 saturated carbocycles. The van der Waals surface area contributed by atoms with E-state index < -0.39 is 35.6 Å². The van der Waals surface area contributed by atoms with Crippen LogP contribution in [0, 0.1) is 23.2 Å². The summed E-state index contributed by atoms with van der Waals surface area (Å²) in [5.41, 5.74) is 1.36. The second-order valence-corrected chi connectivity index (χ2v) is 14.1. The number of hydrogen-bond acceptors (Lipinski definition) is 8. The van der Waals surface area contributed by atoms with Crippen LogP contribution in [0.2, 0.25) is 0 Å². The highest BCUT2D eigenvalue weighted by Gasteiger charge is 2.46. The molecule has 0 aliphatic rings. The maximum Gasteiger partial charge on any atom is 0.407 e. The van der Waals surface area contributed by atoms with Gasteiger partial charge in [-0.25, -0.2) is 4.79 Å². The molecule has 3 aromatic rings. The van der Waals surface area contributed by atoms with Crippen molar-refractivity contribution >= 4 is 18.0 Å². The largest absolute Gasteiger partial charge is 0.493 e. The highest BCUT2D eigenvalue weighted by Crippen LogP contribution is 2.40. The van der Waals surface area contributed by atoms with E-state index in [-0.39, 0.29) is 37.2 Å². The monoisotopic (exact) mass is 719 g/mol. The number of rotatable bonds is 22. The highest BCUT2D eigenvalue weighted by molar-refractivity contribution is 5.76. The van der Waals surface area contributed by atoms with Crippen molar-refractivity contribution in [2.24, 2.45) is 23.2 Å². The lowest BCUT2D eigenvalue weighted by Gasteiger charge is -2.39. The van der Waals surface area contributed by atoms with Crippen LogP contribution in [0.5, 0.6) is 11.5 Å². The van der Waals surface area contributed by atoms with Crippen LogP contribution in [0.15, 0.2) is 78.9 Å². The maximum absolute atomic E-state index is 13.5. The number of esters is 1. The number of nitrogens with one attached hydrogen (secondary N) is 1. The van der Waals surface area contributed by atoms with Crippen LogP contribution in [-0.4, -0.2) is 62.7 Å². The first-order chi connectivity index (χ1) is 24.9. The minimum absolute atomic E-state index is 0.0229. The predicted molar refractivity (Wildman–Crippen MR) is 200 cm³/mol. The number of benzene rings is 3. The summed E-state index contributed by atoms with van der Waals surface area (Å²) in [6, 6.07) is 23.8. The highest BCUT2D eigenvalue weighted by atomic mass is 16.6. The van der Waals surface area contributed by atoms with Crippen molar-refractivity contribution in [1.82, 2.24) is 5.32 Å². The van der Waals surface area contributed by atoms with Gasteiger partial charge in [0.1, 0.15) is 12.7 Å². The van der Waals surface area contributed by atoms with E-state index >= 15 is 0 Å². The minimum atomic E-state index is -1.31. The van der Waals surface area contributed by atoms with Crippen LogP contribution >= 0.6 is 0 Å². The number of methoxy groups -OCH3 is 2. The Morgan fingerprint density at radius 2 is 1.48 bits per heavy atom. The van der Waals surface area contributed by atoms with Crippen molar-refractivity contribution in [2.75, 3.05) is 27.4 Å². The Morgan fingerprint density at radius 3 is 2.04 bits per heavy atom. The summed E-state index contributed by atoms with van der Waals surface area (Å²) in [7, 11) is 3.25. The van der Waals surface area contributed by atoms with E-state index in [9.17, 15) is 19.5 Å². The molecule has 0 heterocycles. The fourth-order valence-corrected chi connectivity index (χ4v) is 6.51. The molecule has 0 aromatic heterocycles. The zero-order valence-corrected chi connectivity index (χ0v) is 31.8. The molecule has 3 rings (SSSR count). The van der Waals surface area contributed by atoms with E-state index in [1.807, 2.05) is 92.7 Å². The molecule has 0 aliphatic heterocycles. The van der Waals surface area contributed by atoms with E-state index in [1.54, 1.807) is 14.2 Å². The fourth-order valence-electron chi connectivity index (χ4n) is 6.51. The van der Waals surface area contributed by atoms with Crippen molar-refractivity contribution in [3.63, 3.8) is 0 Å². The topological polar surface area (TPSA) is 130 Å². The molecular weight excluding hydrogens is 662 g/mol. The van der Waals surface area contributed by atoms with Crippen LogP contribution in [0.3, 0.4) is 0 Å². The molecule has 0 bridgehead atoms. The molecule has 0 saturated heterocycles. The van der Waals surface area contributed by atoms with E-state index in [1.165, 1.54) is 6.92 Å². The normalized spacial score (nSPS) is 14.2. The second kappa shape index (κ2) is 21.1. The molecule has 10 nitrogen and oxygen atoms in total. The molecule has 0 aliphatic carbocycles. The molecule has 0 fully saturated rings. The zero-order chi connectivity index (χ0) is 38.1. The molecule has 1 amide bonds. The molecule has 0 radical (unpaired) electrons. The van der Waals surface area contributed by atoms with Crippen molar-refractivity contribution in [2.45, 2.75) is 85.5 Å². The molecule has 284 valence electrons. The van der Waals surface area contributed by atoms with E-state index in [4.69, 9.17) is 23.7 Å². The quantitative estimate of drug-likeness (QED) is 0.0786. The van der Waals surface area contributed by atoms with Crippen molar-refractivity contribution in [3.8, 4) is 11.5 Å². The number of hydrogen-bond donors (Lipinski definition) is 2. The fraction of sp³-hybridized carbons (Fsp3) is 0.500. The van der Waals surface area contributed by atoms with Crippen LogP contribution in [0.25, 0.3) is 0 Å². The van der Waals surface area contributed by atoms with Gasteiger partial charge in [-0.1, -0.05) is 94.4 Å². The third-order valence-corrected chi connectivity index (χ3v) is 9.72. The first-order valence-electron chi connectivity index (χ1n) is 18.1. The molecular formula is C42H57NO9. The Morgan fingerprint density at radius 1 is 0.827 bits per heavy atom. The van der Waals surface area contributed by atoms with E-state index in [0.29, 0.717) is 37.6 Å². The van der Waals surface area contributed by atoms with Gasteiger partial charge in [0.05, 0.1) is 25.2 Å². The van der Waals surface area contributed by atoms with Gasteiger partial charge in [-0.05, 0) is 65.8 Å². The molecule has 52 heavy (non-hydrogen) atoms. The summed E-state index contributed by atoms with van der Waals surface area (Å²) in [6.07, 6.45) is 0.256. The molecule has 0 spiro atoms. The second-order valence-electron chi connectivity index (χ2n) is 14.1. The number of aliphatic carboxylic acids is 1. The van der Waals surface area contributed by atoms with Crippen LogP contribution in [0.4, 0.5) is 4.79 Å². The van der Waals surface area contributed by atoms with Gasteiger partial charge in [-0.15, -0.1) is 0 Å². The maximum atomic E-state index is 13.5. The van der Waals surface area contributed by atoms with E-state index in [2.05, 4.69) is 19.2 Å². The van der Waals surface area contributed by atoms with Crippen molar-refractivity contribution in [1.29, 1.82) is 0 Å². The van der Waals surface area contributed by atoms with Crippen molar-refractivity contribution < 1.29 is 43.2 Å². The number of carboxylic acids is 1. The van der Waals surface area contributed by atoms with Gasteiger partial charge in [0.2, 0.25) is 0 Å². The SMILES string of the molecule is COCCCOc1cc(C[C@@H](C[C@H](NC(=O)OCc2ccccc2)[C@H](C[C@@](Cc2ccccc2)(C(=O)O)C(C)C)OC(C)=O)C(C)C)ccc1OC. The molecule has 10 heteroatoms. The molecule has 3 aromatic carbocycles. The van der Waals surface area contributed by atoms with Gasteiger partial charge in [-0.3, -0.25) is 9.59 Å². The van der Waals surface area contributed by atoms with Crippen molar-refractivity contribution in [3.05, 3.63) is 95.6 Å². The number of ether oxygens (including phenoxy) is 5. The zero-order valence-electron chi connectivity index (χ0n) is 31.8. The third kappa shape index (κ3) is 12.9. The molecule has 0 unspecified atom stereocenters. The van der Waals surface area contributed by atoms with Gasteiger partial charge in [0.25, 0.3) is 0 Å². The Labute approximate surface area is 309 Å². The summed E-state index contributed by atoms with van der Waals surface area (Å²) in [6.45, 7) is 10.3. The van der Waals surface area contributed by atoms with Crippen LogP contribution in [-0.2, 0) is 43.2 Å². The van der Waals surface area contributed by atoms with Crippen LogP contribution in [0.1, 0.15) is 70.6 Å². The summed E-state index contributed by atoms with van der Waals surface area (Å²) >= 11 is 0. The average molecular weight is 720 g/mol. The standard InChI is InChI=1S/C42H57NO9/c1-29(2)35(23-34-19-20-37(49-7)38(24-34)50-22-14-21-48-6)25-36(43-41(47)51-28-33-17-12-9-13-18-33)39(52-31(5)44)27-42(30(3)4,40(45)46)26-32-15-10-8-11-16-32/h8-13,15-20,24,29-30,35-36,39H,14,21-23,25-28H2,1-7H3,(H,43,47)(H,45,46)/t35-,36-,39-,42+/m0/s1. The van der Waals surface area contributed by atoms with Crippen LogP contribution < -0.4 is 14.8 Å². The van der Waals surface area contributed by atoms with Gasteiger partial charge in [0.15, 0.2) is 11.5 Å². The third-order valence-electron chi connectivity index (χ3n) is 9.72. The number of carbonyl (C=O) groups is 3. The number of amides is 1.